The fourth-order valence-corrected chi connectivity index (χ4v) is 1.20. The number of hydrogen-bond donors (Lipinski definition) is 0. The minimum atomic E-state index is -0.460. The third-order valence-electron chi connectivity index (χ3n) is 1.45. The zero-order valence-electron chi connectivity index (χ0n) is 7.16. The van der Waals surface area contributed by atoms with Crippen LogP contribution in [0.4, 0.5) is 0 Å². The zero-order chi connectivity index (χ0) is 9.68. The Bertz CT molecular complexity index is 287. The first-order chi connectivity index (χ1) is 6.27. The molecule has 0 aliphatic carbocycles. The number of rotatable bonds is 3. The van der Waals surface area contributed by atoms with Gasteiger partial charge in [-0.2, -0.15) is 0 Å². The van der Waals surface area contributed by atoms with Crippen molar-refractivity contribution in [3.8, 4) is 0 Å². The molecular weight excluding hydrogens is 236 g/mol. The Morgan fingerprint density at radius 2 is 2.31 bits per heavy atom. The van der Waals surface area contributed by atoms with E-state index in [2.05, 4.69) is 30.6 Å². The van der Waals surface area contributed by atoms with Crippen molar-refractivity contribution in [2.24, 2.45) is 0 Å². The van der Waals surface area contributed by atoms with Gasteiger partial charge in [-0.15, -0.1) is 0 Å². The Balaban J connectivity index is 2.75. The van der Waals surface area contributed by atoms with E-state index in [1.807, 2.05) is 0 Å². The number of hydrogen-bond acceptors (Lipinski definition) is 4. The molecule has 70 valence electrons. The van der Waals surface area contributed by atoms with Gasteiger partial charge in [0.25, 0.3) is 0 Å². The van der Waals surface area contributed by atoms with Gasteiger partial charge in [-0.3, -0.25) is 4.98 Å². The molecule has 0 saturated heterocycles. The Morgan fingerprint density at radius 3 is 2.77 bits per heavy atom. The lowest BCUT2D eigenvalue weighted by Crippen LogP contribution is -2.05. The summed E-state index contributed by atoms with van der Waals surface area (Å²) < 4.78 is 4.49. The summed E-state index contributed by atoms with van der Waals surface area (Å²) in [6.45, 7) is 0. The highest BCUT2D eigenvalue weighted by Crippen LogP contribution is 1.99. The largest absolute Gasteiger partial charge is 0.464 e. The van der Waals surface area contributed by atoms with Crippen LogP contribution in [0.2, 0.25) is 0 Å². The smallest absolute Gasteiger partial charge is 0.358 e. The van der Waals surface area contributed by atoms with E-state index in [1.165, 1.54) is 13.3 Å². The molecule has 0 aliphatic heterocycles. The van der Waals surface area contributed by atoms with Crippen LogP contribution in [-0.2, 0) is 11.2 Å². The van der Waals surface area contributed by atoms with Crippen LogP contribution >= 0.6 is 15.9 Å². The number of halogens is 1. The van der Waals surface area contributed by atoms with Gasteiger partial charge < -0.3 is 4.74 Å². The lowest BCUT2D eigenvalue weighted by Gasteiger charge is -1.98. The summed E-state index contributed by atoms with van der Waals surface area (Å²) >= 11 is 3.29. The molecule has 4 nitrogen and oxygen atoms in total. The minimum Gasteiger partial charge on any atom is -0.464 e. The highest BCUT2D eigenvalue weighted by Gasteiger charge is 2.06. The van der Waals surface area contributed by atoms with Gasteiger partial charge in [0, 0.05) is 17.9 Å². The molecule has 0 bridgehead atoms. The third-order valence-corrected chi connectivity index (χ3v) is 1.85. The maximum Gasteiger partial charge on any atom is 0.358 e. The number of methoxy groups -OCH3 is 1. The molecule has 0 radical (unpaired) electrons. The number of aromatic nitrogens is 2. The van der Waals surface area contributed by atoms with Crippen LogP contribution in [0.3, 0.4) is 0 Å². The van der Waals surface area contributed by atoms with E-state index < -0.39 is 5.97 Å². The van der Waals surface area contributed by atoms with Crippen molar-refractivity contribution < 1.29 is 9.53 Å². The van der Waals surface area contributed by atoms with Crippen LogP contribution in [0.1, 0.15) is 16.2 Å². The van der Waals surface area contributed by atoms with Crippen LogP contribution in [-0.4, -0.2) is 28.4 Å². The average Bonchev–Trinajstić information content (AvgIpc) is 2.18. The molecule has 1 aromatic heterocycles. The van der Waals surface area contributed by atoms with Crippen LogP contribution < -0.4 is 0 Å². The molecule has 5 heteroatoms. The lowest BCUT2D eigenvalue weighted by molar-refractivity contribution is 0.0593. The summed E-state index contributed by atoms with van der Waals surface area (Å²) in [5.74, 6) is -0.460. The SMILES string of the molecule is COC(=O)c1cnc(CCBr)cn1. The monoisotopic (exact) mass is 244 g/mol. The summed E-state index contributed by atoms with van der Waals surface area (Å²) in [4.78, 5) is 18.9. The second-order valence-electron chi connectivity index (χ2n) is 2.32. The van der Waals surface area contributed by atoms with Crippen molar-refractivity contribution in [2.75, 3.05) is 12.4 Å². The highest BCUT2D eigenvalue weighted by molar-refractivity contribution is 9.09. The third kappa shape index (κ3) is 2.77. The maximum absolute atomic E-state index is 10.9. The zero-order valence-corrected chi connectivity index (χ0v) is 8.74. The number of alkyl halides is 1. The number of nitrogens with zero attached hydrogens (tertiary/aromatic N) is 2. The number of aryl methyl sites for hydroxylation is 1. The summed E-state index contributed by atoms with van der Waals surface area (Å²) in [5, 5.41) is 0.833. The Hall–Kier alpha value is -0.970. The number of ether oxygens (including phenoxy) is 1. The van der Waals surface area contributed by atoms with Crippen LogP contribution in [0, 0.1) is 0 Å². The molecule has 1 heterocycles. The van der Waals surface area contributed by atoms with Crippen molar-refractivity contribution in [3.63, 3.8) is 0 Å². The molecule has 0 atom stereocenters. The molecule has 0 saturated carbocycles. The van der Waals surface area contributed by atoms with Gasteiger partial charge in [0.05, 0.1) is 19.0 Å². The van der Waals surface area contributed by atoms with Gasteiger partial charge in [-0.25, -0.2) is 9.78 Å². The molecule has 1 rings (SSSR count). The first-order valence-electron chi connectivity index (χ1n) is 3.73. The van der Waals surface area contributed by atoms with Crippen LogP contribution in [0.15, 0.2) is 12.4 Å². The van der Waals surface area contributed by atoms with Crippen molar-refractivity contribution in [1.82, 2.24) is 9.97 Å². The minimum absolute atomic E-state index is 0.237. The highest BCUT2D eigenvalue weighted by atomic mass is 79.9. The van der Waals surface area contributed by atoms with Gasteiger partial charge in [0.1, 0.15) is 0 Å². The standard InChI is InChI=1S/C8H9BrN2O2/c1-13-8(12)7-5-10-6(2-3-9)4-11-7/h4-5H,2-3H2,1H3. The van der Waals surface area contributed by atoms with Crippen LogP contribution in [0.5, 0.6) is 0 Å². The molecule has 0 N–H and O–H groups in total. The number of carbonyl (C=O) groups excluding carboxylic acids is 1. The number of esters is 1. The van der Waals surface area contributed by atoms with Gasteiger partial charge >= 0.3 is 5.97 Å². The van der Waals surface area contributed by atoms with Crippen molar-refractivity contribution >= 4 is 21.9 Å². The van der Waals surface area contributed by atoms with Crippen molar-refractivity contribution in [2.45, 2.75) is 6.42 Å². The van der Waals surface area contributed by atoms with Gasteiger partial charge in [0.15, 0.2) is 5.69 Å². The second kappa shape index (κ2) is 4.91. The molecule has 0 fully saturated rings. The predicted octanol–water partition coefficient (Wildman–Crippen LogP) is 1.20. The normalized spacial score (nSPS) is 9.69. The van der Waals surface area contributed by atoms with E-state index in [-0.39, 0.29) is 5.69 Å². The van der Waals surface area contributed by atoms with Crippen molar-refractivity contribution in [3.05, 3.63) is 23.8 Å². The van der Waals surface area contributed by atoms with E-state index in [0.29, 0.717) is 0 Å². The van der Waals surface area contributed by atoms with E-state index in [1.54, 1.807) is 6.20 Å². The summed E-state index contributed by atoms with van der Waals surface area (Å²) in [7, 11) is 1.32. The fourth-order valence-electron chi connectivity index (χ4n) is 0.791. The van der Waals surface area contributed by atoms with Crippen molar-refractivity contribution in [1.29, 1.82) is 0 Å². The summed E-state index contributed by atoms with van der Waals surface area (Å²) in [6, 6.07) is 0. The molecular formula is C8H9BrN2O2. The van der Waals surface area contributed by atoms with Gasteiger partial charge in [0.2, 0.25) is 0 Å². The topological polar surface area (TPSA) is 52.1 Å². The van der Waals surface area contributed by atoms with E-state index >= 15 is 0 Å². The van der Waals surface area contributed by atoms with E-state index in [4.69, 9.17) is 0 Å². The molecule has 13 heavy (non-hydrogen) atoms. The lowest BCUT2D eigenvalue weighted by atomic mass is 10.3. The average molecular weight is 245 g/mol. The molecule has 0 aliphatic rings. The molecule has 0 aromatic carbocycles. The first kappa shape index (κ1) is 10.1. The summed E-state index contributed by atoms with van der Waals surface area (Å²) in [6.07, 6.45) is 3.80. The van der Waals surface area contributed by atoms with E-state index in [0.717, 1.165) is 17.4 Å². The van der Waals surface area contributed by atoms with Gasteiger partial charge in [-0.1, -0.05) is 15.9 Å². The Labute approximate surface area is 84.5 Å². The van der Waals surface area contributed by atoms with Crippen LogP contribution in [0.25, 0.3) is 0 Å². The molecule has 0 unspecified atom stereocenters. The predicted molar refractivity (Wildman–Crippen MR) is 50.9 cm³/mol. The second-order valence-corrected chi connectivity index (χ2v) is 3.12. The van der Waals surface area contributed by atoms with E-state index in [9.17, 15) is 4.79 Å². The number of carbonyl (C=O) groups is 1. The summed E-state index contributed by atoms with van der Waals surface area (Å²) in [5.41, 5.74) is 1.09. The Kier molecular flexibility index (Phi) is 3.82. The van der Waals surface area contributed by atoms with Gasteiger partial charge in [-0.05, 0) is 0 Å². The molecule has 1 aromatic rings. The fraction of sp³-hybridized carbons (Fsp3) is 0.375. The molecule has 0 spiro atoms. The first-order valence-corrected chi connectivity index (χ1v) is 4.85. The Morgan fingerprint density at radius 1 is 1.54 bits per heavy atom. The quantitative estimate of drug-likeness (QED) is 0.593. The maximum atomic E-state index is 10.9. The molecule has 0 amide bonds.